The quantitative estimate of drug-likeness (QED) is 0.331. The fourth-order valence-corrected chi connectivity index (χ4v) is 5.36. The Labute approximate surface area is 197 Å². The largest absolute Gasteiger partial charge is 0.337 e. The normalized spacial score (nSPS) is 13.2. The van der Waals surface area contributed by atoms with E-state index in [9.17, 15) is 9.59 Å². The number of aryl methyl sites for hydroxylation is 2. The zero-order chi connectivity index (χ0) is 22.9. The van der Waals surface area contributed by atoms with Crippen LogP contribution >= 0.6 is 11.8 Å². The molecule has 0 fully saturated rings. The maximum atomic E-state index is 13.5. The first kappa shape index (κ1) is 21.5. The van der Waals surface area contributed by atoms with E-state index >= 15 is 0 Å². The first-order valence-electron chi connectivity index (χ1n) is 11.1. The topological polar surface area (TPSA) is 55.2 Å². The first-order valence-corrected chi connectivity index (χ1v) is 12.1. The second-order valence-corrected chi connectivity index (χ2v) is 9.46. The summed E-state index contributed by atoms with van der Waals surface area (Å²) in [7, 11) is 0. The van der Waals surface area contributed by atoms with Crippen LogP contribution in [0.5, 0.6) is 0 Å². The molecule has 0 spiro atoms. The molecule has 0 bridgehead atoms. The number of hydrogen-bond donors (Lipinski definition) is 0. The number of para-hydroxylation sites is 1. The molecular weight excluding hydrogens is 430 g/mol. The first-order chi connectivity index (χ1) is 16.0. The summed E-state index contributed by atoms with van der Waals surface area (Å²) in [5.74, 6) is 0.293. The number of amides is 1. The minimum Gasteiger partial charge on any atom is -0.337 e. The minimum atomic E-state index is -0.118. The molecule has 0 unspecified atom stereocenters. The van der Waals surface area contributed by atoms with Crippen LogP contribution in [0.15, 0.2) is 76.7 Å². The van der Waals surface area contributed by atoms with Gasteiger partial charge in [0.15, 0.2) is 5.16 Å². The van der Waals surface area contributed by atoms with Gasteiger partial charge in [-0.15, -0.1) is 0 Å². The van der Waals surface area contributed by atoms with Gasteiger partial charge in [0.25, 0.3) is 5.56 Å². The molecule has 2 heterocycles. The van der Waals surface area contributed by atoms with Gasteiger partial charge < -0.3 is 4.90 Å². The Bertz CT molecular complexity index is 1410. The van der Waals surface area contributed by atoms with Gasteiger partial charge in [-0.1, -0.05) is 54.2 Å². The van der Waals surface area contributed by atoms with Crippen molar-refractivity contribution in [1.82, 2.24) is 14.5 Å². The van der Waals surface area contributed by atoms with Gasteiger partial charge >= 0.3 is 0 Å². The van der Waals surface area contributed by atoms with Gasteiger partial charge in [-0.05, 0) is 66.8 Å². The average Bonchev–Trinajstić information content (AvgIpc) is 2.81. The van der Waals surface area contributed by atoms with Gasteiger partial charge in [-0.3, -0.25) is 14.2 Å². The molecule has 0 radical (unpaired) electrons. The molecule has 1 aliphatic heterocycles. The Kier molecular flexibility index (Phi) is 5.77. The van der Waals surface area contributed by atoms with Crippen molar-refractivity contribution in [2.75, 3.05) is 12.3 Å². The number of thioether (sulfide) groups is 1. The maximum Gasteiger partial charge on any atom is 0.266 e. The Morgan fingerprint density at radius 3 is 2.45 bits per heavy atom. The van der Waals surface area contributed by atoms with Crippen molar-refractivity contribution in [2.45, 2.75) is 32.0 Å². The number of fused-ring (bicyclic) bond motifs is 2. The molecule has 1 aromatic heterocycles. The van der Waals surface area contributed by atoms with Crippen LogP contribution < -0.4 is 5.56 Å². The zero-order valence-corrected chi connectivity index (χ0v) is 19.6. The molecule has 1 amide bonds. The van der Waals surface area contributed by atoms with Crippen molar-refractivity contribution < 1.29 is 4.79 Å². The molecule has 0 saturated heterocycles. The van der Waals surface area contributed by atoms with Crippen molar-refractivity contribution in [3.05, 3.63) is 99.3 Å². The third kappa shape index (κ3) is 4.31. The molecule has 5 nitrogen and oxygen atoms in total. The van der Waals surface area contributed by atoms with Crippen LogP contribution in [0.3, 0.4) is 0 Å². The summed E-state index contributed by atoms with van der Waals surface area (Å²) in [4.78, 5) is 33.2. The lowest BCUT2D eigenvalue weighted by molar-refractivity contribution is -0.129. The standard InChI is InChI=1S/C27H25N3O2S/c1-18-13-19(2)15-22(14-18)30-26(32)23-9-5-6-10-24(23)28-27(30)33-17-25(31)29-12-11-20-7-3-4-8-21(20)16-29/h3-10,13-15H,11-12,16-17H2,1-2H3. The number of benzene rings is 3. The predicted molar refractivity (Wildman–Crippen MR) is 133 cm³/mol. The van der Waals surface area contributed by atoms with E-state index in [-0.39, 0.29) is 17.2 Å². The van der Waals surface area contributed by atoms with Crippen LogP contribution in [0.1, 0.15) is 22.3 Å². The van der Waals surface area contributed by atoms with Gasteiger partial charge in [0.2, 0.25) is 5.91 Å². The van der Waals surface area contributed by atoms with E-state index in [1.807, 2.05) is 61.2 Å². The SMILES string of the molecule is Cc1cc(C)cc(-n2c(SCC(=O)N3CCc4ccccc4C3)nc3ccccc3c2=O)c1. The summed E-state index contributed by atoms with van der Waals surface area (Å²) >= 11 is 1.33. The van der Waals surface area contributed by atoms with Gasteiger partial charge in [-0.2, -0.15) is 0 Å². The van der Waals surface area contributed by atoms with Gasteiger partial charge in [0.1, 0.15) is 0 Å². The van der Waals surface area contributed by atoms with E-state index in [1.54, 1.807) is 10.6 Å². The third-order valence-electron chi connectivity index (χ3n) is 6.02. The van der Waals surface area contributed by atoms with Crippen LogP contribution in [0, 0.1) is 13.8 Å². The van der Waals surface area contributed by atoms with E-state index < -0.39 is 0 Å². The highest BCUT2D eigenvalue weighted by Crippen LogP contribution is 2.25. The van der Waals surface area contributed by atoms with Crippen molar-refractivity contribution in [3.8, 4) is 5.69 Å². The Morgan fingerprint density at radius 1 is 0.970 bits per heavy atom. The molecule has 33 heavy (non-hydrogen) atoms. The van der Waals surface area contributed by atoms with E-state index in [4.69, 9.17) is 4.98 Å². The molecule has 0 saturated carbocycles. The average molecular weight is 456 g/mol. The fraction of sp³-hybridized carbons (Fsp3) is 0.222. The molecule has 0 N–H and O–H groups in total. The van der Waals surface area contributed by atoms with Gasteiger partial charge in [0, 0.05) is 13.1 Å². The third-order valence-corrected chi connectivity index (χ3v) is 6.94. The lowest BCUT2D eigenvalue weighted by atomic mass is 10.00. The van der Waals surface area contributed by atoms with Crippen LogP contribution in [0.2, 0.25) is 0 Å². The summed E-state index contributed by atoms with van der Waals surface area (Å²) < 4.78 is 1.64. The Balaban J connectivity index is 1.47. The zero-order valence-electron chi connectivity index (χ0n) is 18.7. The summed E-state index contributed by atoms with van der Waals surface area (Å²) in [5, 5.41) is 1.11. The molecule has 6 heteroatoms. The second-order valence-electron chi connectivity index (χ2n) is 8.52. The lowest BCUT2D eigenvalue weighted by Crippen LogP contribution is -2.37. The molecule has 0 aliphatic carbocycles. The highest BCUT2D eigenvalue weighted by Gasteiger charge is 2.22. The number of carbonyl (C=O) groups is 1. The predicted octanol–water partition coefficient (Wildman–Crippen LogP) is 4.68. The number of rotatable bonds is 4. The van der Waals surface area contributed by atoms with Gasteiger partial charge in [-0.25, -0.2) is 4.98 Å². The van der Waals surface area contributed by atoms with E-state index in [2.05, 4.69) is 18.2 Å². The summed E-state index contributed by atoms with van der Waals surface area (Å²) in [6, 6.07) is 21.7. The summed E-state index contributed by atoms with van der Waals surface area (Å²) in [5.41, 5.74) is 5.97. The van der Waals surface area contributed by atoms with Crippen LogP contribution in [0.25, 0.3) is 16.6 Å². The highest BCUT2D eigenvalue weighted by atomic mass is 32.2. The van der Waals surface area contributed by atoms with Crippen molar-refractivity contribution in [3.63, 3.8) is 0 Å². The monoisotopic (exact) mass is 455 g/mol. The highest BCUT2D eigenvalue weighted by molar-refractivity contribution is 7.99. The number of aromatic nitrogens is 2. The number of hydrogen-bond acceptors (Lipinski definition) is 4. The second kappa shape index (κ2) is 8.87. The van der Waals surface area contributed by atoms with Crippen LogP contribution in [0.4, 0.5) is 0 Å². The van der Waals surface area contributed by atoms with Gasteiger partial charge in [0.05, 0.1) is 22.3 Å². The Morgan fingerprint density at radius 2 is 1.67 bits per heavy atom. The van der Waals surface area contributed by atoms with Crippen molar-refractivity contribution >= 4 is 28.6 Å². The molecular formula is C27H25N3O2S. The Hall–Kier alpha value is -3.38. The number of carbonyl (C=O) groups excluding carboxylic acids is 1. The van der Waals surface area contributed by atoms with Crippen LogP contribution in [-0.2, 0) is 17.8 Å². The number of nitrogens with zero attached hydrogens (tertiary/aromatic N) is 3. The molecule has 5 rings (SSSR count). The molecule has 3 aromatic carbocycles. The summed E-state index contributed by atoms with van der Waals surface area (Å²) in [6.07, 6.45) is 0.869. The van der Waals surface area contributed by atoms with Crippen molar-refractivity contribution in [1.29, 1.82) is 0 Å². The maximum absolute atomic E-state index is 13.5. The van der Waals surface area contributed by atoms with E-state index in [1.165, 1.54) is 22.9 Å². The molecule has 0 atom stereocenters. The molecule has 1 aliphatic rings. The van der Waals surface area contributed by atoms with Crippen LogP contribution in [-0.4, -0.2) is 32.7 Å². The lowest BCUT2D eigenvalue weighted by Gasteiger charge is -2.28. The minimum absolute atomic E-state index is 0.0592. The smallest absolute Gasteiger partial charge is 0.266 e. The van der Waals surface area contributed by atoms with E-state index in [0.29, 0.717) is 29.1 Å². The summed E-state index contributed by atoms with van der Waals surface area (Å²) in [6.45, 7) is 5.37. The molecule has 166 valence electrons. The van der Waals surface area contributed by atoms with Crippen molar-refractivity contribution in [2.24, 2.45) is 0 Å². The fourth-order valence-electron chi connectivity index (χ4n) is 4.44. The molecule has 4 aromatic rings. The van der Waals surface area contributed by atoms with E-state index in [0.717, 1.165) is 23.2 Å².